The van der Waals surface area contributed by atoms with Crippen LogP contribution in [0.15, 0.2) is 34.1 Å². The van der Waals surface area contributed by atoms with Gasteiger partial charge in [-0.2, -0.15) is 4.68 Å². The second-order valence-electron chi connectivity index (χ2n) is 5.82. The molecule has 0 amide bonds. The van der Waals surface area contributed by atoms with Crippen LogP contribution in [0.3, 0.4) is 0 Å². The quantitative estimate of drug-likeness (QED) is 0.713. The van der Waals surface area contributed by atoms with Gasteiger partial charge in [-0.25, -0.2) is 9.97 Å². The maximum Gasteiger partial charge on any atom is 0.282 e. The Morgan fingerprint density at radius 3 is 2.54 bits per heavy atom. The fraction of sp³-hybridized carbons (Fsp3) is 0.222. The molecule has 0 atom stereocenters. The minimum absolute atomic E-state index is 0.280. The fourth-order valence-electron chi connectivity index (χ4n) is 2.56. The van der Waals surface area contributed by atoms with Crippen molar-refractivity contribution in [3.05, 3.63) is 62.3 Å². The highest BCUT2D eigenvalue weighted by atomic mass is 35.5. The van der Waals surface area contributed by atoms with E-state index in [0.717, 1.165) is 11.4 Å². The predicted molar refractivity (Wildman–Crippen MR) is 101 cm³/mol. The van der Waals surface area contributed by atoms with Crippen molar-refractivity contribution in [1.29, 1.82) is 0 Å². The molecule has 1 aromatic carbocycles. The van der Waals surface area contributed by atoms with Gasteiger partial charge in [-0.05, 0) is 45.0 Å². The van der Waals surface area contributed by atoms with Crippen LogP contribution in [0.2, 0.25) is 5.02 Å². The van der Waals surface area contributed by atoms with Gasteiger partial charge in [-0.3, -0.25) is 14.9 Å². The number of hydrogen-bond acceptors (Lipinski definition) is 5. The Labute approximate surface area is 155 Å². The topological polar surface area (TPSA) is 85.2 Å². The van der Waals surface area contributed by atoms with Gasteiger partial charge in [0.25, 0.3) is 11.5 Å². The van der Waals surface area contributed by atoms with Gasteiger partial charge in [0.05, 0.1) is 12.7 Å². The Hall–Kier alpha value is -2.93. The first kappa shape index (κ1) is 17.9. The summed E-state index contributed by atoms with van der Waals surface area (Å²) < 4.78 is 6.58. The molecule has 3 rings (SSSR count). The second-order valence-corrected chi connectivity index (χ2v) is 6.25. The van der Waals surface area contributed by atoms with Crippen LogP contribution in [0.1, 0.15) is 22.6 Å². The predicted octanol–water partition coefficient (Wildman–Crippen LogP) is 3.29. The average Bonchev–Trinajstić information content (AvgIpc) is 2.86. The third-order valence-electron chi connectivity index (χ3n) is 3.76. The van der Waals surface area contributed by atoms with Gasteiger partial charge in [-0.15, -0.1) is 0 Å². The number of halogens is 1. The van der Waals surface area contributed by atoms with Crippen LogP contribution >= 0.6 is 11.6 Å². The Bertz CT molecular complexity index is 1030. The van der Waals surface area contributed by atoms with Crippen LogP contribution in [0.4, 0.5) is 5.69 Å². The molecule has 0 radical (unpaired) electrons. The fourth-order valence-corrected chi connectivity index (χ4v) is 2.72. The lowest BCUT2D eigenvalue weighted by Gasteiger charge is -2.03. The summed E-state index contributed by atoms with van der Waals surface area (Å²) in [5.41, 5.74) is 2.89. The molecule has 134 valence electrons. The van der Waals surface area contributed by atoms with Gasteiger partial charge >= 0.3 is 0 Å². The Morgan fingerprint density at radius 2 is 1.88 bits per heavy atom. The summed E-state index contributed by atoms with van der Waals surface area (Å²) in [6, 6.07) is 6.95. The average molecular weight is 372 g/mol. The smallest absolute Gasteiger partial charge is 0.282 e. The van der Waals surface area contributed by atoms with Gasteiger partial charge in [0.15, 0.2) is 0 Å². The summed E-state index contributed by atoms with van der Waals surface area (Å²) in [5, 5.41) is 3.52. The lowest BCUT2D eigenvalue weighted by atomic mass is 10.2. The number of aryl methyl sites for hydroxylation is 3. The van der Waals surface area contributed by atoms with Crippen molar-refractivity contribution in [1.82, 2.24) is 19.7 Å². The minimum Gasteiger partial charge on any atom is -0.494 e. The van der Waals surface area contributed by atoms with Crippen LogP contribution in [-0.4, -0.2) is 33.1 Å². The monoisotopic (exact) mass is 371 g/mol. The second kappa shape index (κ2) is 7.13. The van der Waals surface area contributed by atoms with Crippen LogP contribution in [0.5, 0.6) is 5.75 Å². The molecule has 0 aliphatic carbocycles. The number of methoxy groups -OCH3 is 1. The maximum atomic E-state index is 12.8. The van der Waals surface area contributed by atoms with E-state index >= 15 is 0 Å². The number of benzene rings is 1. The molecule has 1 N–H and O–H groups in total. The summed E-state index contributed by atoms with van der Waals surface area (Å²) in [7, 11) is 1.55. The summed E-state index contributed by atoms with van der Waals surface area (Å²) in [5.74, 6) is 0.868. The Kier molecular flexibility index (Phi) is 4.90. The van der Waals surface area contributed by atoms with E-state index in [-0.39, 0.29) is 5.56 Å². The zero-order valence-corrected chi connectivity index (χ0v) is 15.6. The third-order valence-corrected chi connectivity index (χ3v) is 4.00. The number of nitrogens with one attached hydrogen (secondary N) is 1. The van der Waals surface area contributed by atoms with E-state index in [1.165, 1.54) is 10.9 Å². The summed E-state index contributed by atoms with van der Waals surface area (Å²) in [6.45, 7) is 5.50. The van der Waals surface area contributed by atoms with Crippen molar-refractivity contribution < 1.29 is 4.74 Å². The molecular formula is C18H18ClN5O2. The lowest BCUT2D eigenvalue weighted by molar-refractivity contribution is 0.416. The molecule has 8 heteroatoms. The minimum atomic E-state index is -0.280. The summed E-state index contributed by atoms with van der Waals surface area (Å²) in [4.78, 5) is 25.8. The van der Waals surface area contributed by atoms with E-state index in [1.54, 1.807) is 32.2 Å². The van der Waals surface area contributed by atoms with Crippen molar-refractivity contribution >= 4 is 23.5 Å². The van der Waals surface area contributed by atoms with Crippen LogP contribution in [0.25, 0.3) is 5.95 Å². The third kappa shape index (κ3) is 3.52. The summed E-state index contributed by atoms with van der Waals surface area (Å²) in [6.07, 6.45) is 1.49. The molecule has 0 bridgehead atoms. The largest absolute Gasteiger partial charge is 0.494 e. The molecule has 2 aromatic heterocycles. The Morgan fingerprint density at radius 1 is 1.19 bits per heavy atom. The highest BCUT2D eigenvalue weighted by Crippen LogP contribution is 2.30. The van der Waals surface area contributed by atoms with Crippen LogP contribution in [-0.2, 0) is 0 Å². The molecule has 3 aromatic rings. The first-order valence-electron chi connectivity index (χ1n) is 7.91. The number of ether oxygens (including phenoxy) is 1. The number of nitrogens with zero attached hydrogens (tertiary/aromatic N) is 4. The van der Waals surface area contributed by atoms with E-state index in [1.807, 2.05) is 19.9 Å². The molecule has 7 nitrogen and oxygen atoms in total. The maximum absolute atomic E-state index is 12.8. The van der Waals surface area contributed by atoms with Crippen LogP contribution in [0, 0.1) is 20.8 Å². The molecule has 26 heavy (non-hydrogen) atoms. The number of aromatic nitrogens is 4. The highest BCUT2D eigenvalue weighted by Gasteiger charge is 2.13. The number of aromatic amines is 1. The van der Waals surface area contributed by atoms with Gasteiger partial charge in [-0.1, -0.05) is 11.6 Å². The molecule has 0 fully saturated rings. The molecule has 0 aliphatic heterocycles. The van der Waals surface area contributed by atoms with Gasteiger partial charge in [0, 0.05) is 28.3 Å². The number of hydrogen-bond donors (Lipinski definition) is 1. The normalized spacial score (nSPS) is 11.3. The first-order chi connectivity index (χ1) is 12.4. The first-order valence-corrected chi connectivity index (χ1v) is 8.28. The molecular weight excluding hydrogens is 354 g/mol. The summed E-state index contributed by atoms with van der Waals surface area (Å²) >= 11 is 6.01. The molecule has 0 spiro atoms. The van der Waals surface area contributed by atoms with Gasteiger partial charge in [0.2, 0.25) is 0 Å². The van der Waals surface area contributed by atoms with Crippen molar-refractivity contribution in [3.8, 4) is 11.7 Å². The number of H-pyrrole nitrogens is 1. The molecule has 0 saturated heterocycles. The van der Waals surface area contributed by atoms with Gasteiger partial charge in [0.1, 0.15) is 11.4 Å². The molecule has 2 heterocycles. The number of aliphatic imine (C=N–C) groups is 1. The van der Waals surface area contributed by atoms with E-state index in [9.17, 15) is 4.79 Å². The Balaban J connectivity index is 2.04. The standard InChI is InChI=1S/C18H18ClN5O2/c1-10-7-11(2)22-18(21-10)24-17(25)14(12(3)23-24)9-20-15-8-13(19)5-6-16(15)26-4/h5-9,23H,1-4H3. The van der Waals surface area contributed by atoms with Crippen LogP contribution < -0.4 is 10.3 Å². The molecule has 0 unspecified atom stereocenters. The molecule has 0 saturated carbocycles. The van der Waals surface area contributed by atoms with Crippen molar-refractivity contribution in [2.75, 3.05) is 7.11 Å². The zero-order valence-electron chi connectivity index (χ0n) is 14.9. The molecule has 0 aliphatic rings. The number of rotatable bonds is 4. The van der Waals surface area contributed by atoms with E-state index in [2.05, 4.69) is 20.1 Å². The highest BCUT2D eigenvalue weighted by molar-refractivity contribution is 6.30. The SMILES string of the molecule is COc1ccc(Cl)cc1N=Cc1c(C)[nH]n(-c2nc(C)cc(C)n2)c1=O. The van der Waals surface area contributed by atoms with Crippen molar-refractivity contribution in [2.24, 2.45) is 4.99 Å². The zero-order chi connectivity index (χ0) is 18.8. The van der Waals surface area contributed by atoms with E-state index in [4.69, 9.17) is 16.3 Å². The van der Waals surface area contributed by atoms with Crippen molar-refractivity contribution in [2.45, 2.75) is 20.8 Å². The van der Waals surface area contributed by atoms with E-state index < -0.39 is 0 Å². The van der Waals surface area contributed by atoms with E-state index in [0.29, 0.717) is 33.7 Å². The van der Waals surface area contributed by atoms with Crippen molar-refractivity contribution in [3.63, 3.8) is 0 Å². The van der Waals surface area contributed by atoms with Gasteiger partial charge < -0.3 is 4.74 Å². The lowest BCUT2D eigenvalue weighted by Crippen LogP contribution is -2.20.